The van der Waals surface area contributed by atoms with Gasteiger partial charge in [0.15, 0.2) is 9.84 Å². The minimum absolute atomic E-state index is 0.134. The van der Waals surface area contributed by atoms with Crippen molar-refractivity contribution in [1.82, 2.24) is 10.3 Å². The largest absolute Gasteiger partial charge is 0.463 e. The molecule has 1 heterocycles. The summed E-state index contributed by atoms with van der Waals surface area (Å²) in [5, 5.41) is 2.83. The Balaban J connectivity index is 1.58. The van der Waals surface area contributed by atoms with Gasteiger partial charge in [-0.05, 0) is 83.6 Å². The molecule has 8 heteroatoms. The van der Waals surface area contributed by atoms with Gasteiger partial charge in [0.05, 0.1) is 23.7 Å². The maximum absolute atomic E-state index is 12.8. The number of esters is 1. The van der Waals surface area contributed by atoms with E-state index in [9.17, 15) is 18.0 Å². The van der Waals surface area contributed by atoms with Gasteiger partial charge in [0, 0.05) is 24.1 Å². The molecule has 0 fully saturated rings. The first-order valence-corrected chi connectivity index (χ1v) is 14.6. The van der Waals surface area contributed by atoms with E-state index in [2.05, 4.69) is 16.4 Å². The summed E-state index contributed by atoms with van der Waals surface area (Å²) in [6.45, 7) is 3.94. The van der Waals surface area contributed by atoms with Crippen molar-refractivity contribution in [1.29, 1.82) is 0 Å². The van der Waals surface area contributed by atoms with Crippen molar-refractivity contribution in [2.75, 3.05) is 12.9 Å². The Morgan fingerprint density at radius 3 is 2.40 bits per heavy atom. The summed E-state index contributed by atoms with van der Waals surface area (Å²) in [5.41, 5.74) is 6.18. The van der Waals surface area contributed by atoms with Crippen LogP contribution in [0.15, 0.2) is 96.0 Å². The highest BCUT2D eigenvalue weighted by Gasteiger charge is 2.15. The number of carbonyl (C=O) groups is 2. The van der Waals surface area contributed by atoms with E-state index in [1.165, 1.54) is 12.1 Å². The molecule has 1 aromatic heterocycles. The van der Waals surface area contributed by atoms with Crippen LogP contribution in [-0.2, 0) is 25.9 Å². The topological polar surface area (TPSA) is 102 Å². The number of aromatic nitrogens is 1. The Kier molecular flexibility index (Phi) is 8.91. The van der Waals surface area contributed by atoms with Crippen LogP contribution in [0.5, 0.6) is 0 Å². The van der Waals surface area contributed by atoms with Crippen molar-refractivity contribution in [2.45, 2.75) is 25.3 Å². The smallest absolute Gasteiger partial charge is 0.330 e. The zero-order chi connectivity index (χ0) is 28.7. The molecule has 204 valence electrons. The summed E-state index contributed by atoms with van der Waals surface area (Å²) >= 11 is 0. The molecular weight excluding hydrogens is 524 g/mol. The number of carbonyl (C=O) groups excluding carboxylic acids is 2. The van der Waals surface area contributed by atoms with E-state index in [0.717, 1.165) is 34.1 Å². The molecule has 4 rings (SSSR count). The van der Waals surface area contributed by atoms with Crippen LogP contribution in [-0.4, -0.2) is 38.1 Å². The van der Waals surface area contributed by atoms with Crippen LogP contribution >= 0.6 is 0 Å². The van der Waals surface area contributed by atoms with Crippen molar-refractivity contribution < 1.29 is 22.7 Å². The Hall–Kier alpha value is -4.56. The minimum Gasteiger partial charge on any atom is -0.463 e. The molecular formula is C32H30N2O5S. The molecule has 0 aliphatic rings. The molecule has 1 N–H and O–H groups in total. The number of benzene rings is 3. The van der Waals surface area contributed by atoms with Crippen molar-refractivity contribution in [3.05, 3.63) is 114 Å². The van der Waals surface area contributed by atoms with Gasteiger partial charge in [-0.2, -0.15) is 0 Å². The van der Waals surface area contributed by atoms with Crippen LogP contribution in [0.3, 0.4) is 0 Å². The van der Waals surface area contributed by atoms with Crippen LogP contribution in [0.1, 0.15) is 34.1 Å². The zero-order valence-corrected chi connectivity index (χ0v) is 23.4. The third kappa shape index (κ3) is 7.09. The lowest BCUT2D eigenvalue weighted by Gasteiger charge is -2.12. The average molecular weight is 555 g/mol. The molecule has 3 aromatic carbocycles. The lowest BCUT2D eigenvalue weighted by atomic mass is 9.94. The maximum atomic E-state index is 12.8. The fraction of sp³-hybridized carbons (Fsp3) is 0.156. The second-order valence-electron chi connectivity index (χ2n) is 9.22. The van der Waals surface area contributed by atoms with Crippen molar-refractivity contribution >= 4 is 27.8 Å². The predicted octanol–water partition coefficient (Wildman–Crippen LogP) is 5.63. The summed E-state index contributed by atoms with van der Waals surface area (Å²) in [6, 6.07) is 24.3. The fourth-order valence-electron chi connectivity index (χ4n) is 4.27. The first-order valence-electron chi connectivity index (χ1n) is 12.7. The zero-order valence-electron chi connectivity index (χ0n) is 22.5. The number of nitrogens with zero attached hydrogens (tertiary/aromatic N) is 1. The fourth-order valence-corrected chi connectivity index (χ4v) is 5.26. The number of nitrogens with one attached hydrogen (secondary N) is 1. The molecule has 0 unspecified atom stereocenters. The third-order valence-corrected chi connectivity index (χ3v) is 7.49. The number of hydrogen-bond donors (Lipinski definition) is 1. The second-order valence-corrected chi connectivity index (χ2v) is 11.2. The van der Waals surface area contributed by atoms with E-state index < -0.39 is 15.8 Å². The van der Waals surface area contributed by atoms with E-state index in [1.54, 1.807) is 38.3 Å². The number of aryl methyl sites for hydroxylation is 1. The van der Waals surface area contributed by atoms with E-state index in [1.807, 2.05) is 54.6 Å². The summed E-state index contributed by atoms with van der Waals surface area (Å²) < 4.78 is 29.1. The van der Waals surface area contributed by atoms with Crippen LogP contribution < -0.4 is 5.32 Å². The molecule has 40 heavy (non-hydrogen) atoms. The highest BCUT2D eigenvalue weighted by Crippen LogP contribution is 2.31. The second kappa shape index (κ2) is 12.5. The average Bonchev–Trinajstić information content (AvgIpc) is 2.95. The van der Waals surface area contributed by atoms with Crippen molar-refractivity contribution in [3.8, 4) is 22.3 Å². The summed E-state index contributed by atoms with van der Waals surface area (Å²) in [4.78, 5) is 29.2. The highest BCUT2D eigenvalue weighted by atomic mass is 32.2. The lowest BCUT2D eigenvalue weighted by Crippen LogP contribution is -2.23. The number of rotatable bonds is 9. The molecule has 0 aliphatic heterocycles. The first-order chi connectivity index (χ1) is 19.2. The lowest BCUT2D eigenvalue weighted by molar-refractivity contribution is -0.137. The Labute approximate surface area is 234 Å². The van der Waals surface area contributed by atoms with E-state index in [-0.39, 0.29) is 22.9 Å². The monoisotopic (exact) mass is 554 g/mol. The third-order valence-electron chi connectivity index (χ3n) is 6.25. The summed E-state index contributed by atoms with van der Waals surface area (Å²) in [6.07, 6.45) is 5.98. The first kappa shape index (κ1) is 28.4. The van der Waals surface area contributed by atoms with Gasteiger partial charge in [-0.1, -0.05) is 48.5 Å². The van der Waals surface area contributed by atoms with Gasteiger partial charge in [0.2, 0.25) is 0 Å². The molecule has 4 aromatic rings. The van der Waals surface area contributed by atoms with Crippen molar-refractivity contribution in [2.24, 2.45) is 0 Å². The van der Waals surface area contributed by atoms with Crippen LogP contribution in [0, 0.1) is 6.92 Å². The van der Waals surface area contributed by atoms with E-state index >= 15 is 0 Å². The van der Waals surface area contributed by atoms with Gasteiger partial charge < -0.3 is 10.1 Å². The molecule has 0 atom stereocenters. The van der Waals surface area contributed by atoms with Crippen LogP contribution in [0.4, 0.5) is 0 Å². The van der Waals surface area contributed by atoms with Crippen molar-refractivity contribution in [3.63, 3.8) is 0 Å². The highest BCUT2D eigenvalue weighted by molar-refractivity contribution is 7.90. The van der Waals surface area contributed by atoms with Gasteiger partial charge in [-0.25, -0.2) is 13.2 Å². The molecule has 0 saturated heterocycles. The molecule has 0 aliphatic carbocycles. The molecule has 0 bridgehead atoms. The van der Waals surface area contributed by atoms with E-state index in [4.69, 9.17) is 4.74 Å². The maximum Gasteiger partial charge on any atom is 0.330 e. The van der Waals surface area contributed by atoms with Gasteiger partial charge in [-0.3, -0.25) is 9.78 Å². The normalized spacial score (nSPS) is 11.4. The number of sulfone groups is 1. The molecule has 1 amide bonds. The number of ether oxygens (including phenoxy) is 1. The minimum atomic E-state index is -3.45. The molecule has 0 radical (unpaired) electrons. The van der Waals surface area contributed by atoms with Gasteiger partial charge in [0.25, 0.3) is 5.91 Å². The van der Waals surface area contributed by atoms with Gasteiger partial charge in [0.1, 0.15) is 0 Å². The standard InChI is InChI=1S/C32H30N2O5S/c1-4-39-31(35)15-14-24-12-13-25(19-29(24)23-8-6-5-7-9-23)26-16-17-33-28(18-26)21-34-32(36)27-11-10-22(2)30(20-27)40(3,37)38/h5-20H,4,21H2,1-3H3,(H,34,36)/b15-14+. The number of hydrogen-bond acceptors (Lipinski definition) is 6. The quantitative estimate of drug-likeness (QED) is 0.212. The molecule has 7 nitrogen and oxygen atoms in total. The number of amides is 1. The Morgan fingerprint density at radius 2 is 1.68 bits per heavy atom. The van der Waals surface area contributed by atoms with Gasteiger partial charge >= 0.3 is 5.97 Å². The summed E-state index contributed by atoms with van der Waals surface area (Å²) in [5.74, 6) is -0.786. The Bertz CT molecular complexity index is 1680. The number of pyridine rings is 1. The Morgan fingerprint density at radius 1 is 0.925 bits per heavy atom. The predicted molar refractivity (Wildman–Crippen MR) is 156 cm³/mol. The molecule has 0 spiro atoms. The van der Waals surface area contributed by atoms with Crippen LogP contribution in [0.25, 0.3) is 28.3 Å². The van der Waals surface area contributed by atoms with Gasteiger partial charge in [-0.15, -0.1) is 0 Å². The summed E-state index contributed by atoms with van der Waals surface area (Å²) in [7, 11) is -3.45. The van der Waals surface area contributed by atoms with E-state index in [0.29, 0.717) is 17.9 Å². The SMILES string of the molecule is CCOC(=O)/C=C/c1ccc(-c2ccnc(CNC(=O)c3ccc(C)c(S(C)(=O)=O)c3)c2)cc1-c1ccccc1. The molecule has 0 saturated carbocycles. The van der Waals surface area contributed by atoms with Crippen LogP contribution in [0.2, 0.25) is 0 Å².